The average Bonchev–Trinajstić information content (AvgIpc) is 2.28. The number of rotatable bonds is 0. The van der Waals surface area contributed by atoms with Gasteiger partial charge in [-0.1, -0.05) is 33.4 Å². The van der Waals surface area contributed by atoms with E-state index in [4.69, 9.17) is 52.8 Å². The summed E-state index contributed by atoms with van der Waals surface area (Å²) in [6, 6.07) is 1.52. The van der Waals surface area contributed by atoms with E-state index in [1.165, 1.54) is 6.07 Å². The monoisotopic (exact) mass is 203 g/mol. The van der Waals surface area contributed by atoms with Crippen LogP contribution >= 0.6 is 0 Å². The second-order valence-electron chi connectivity index (χ2n) is 3.87. The summed E-state index contributed by atoms with van der Waals surface area (Å²) >= 11 is 0. The molecule has 0 aliphatic heterocycles. The predicted molar refractivity (Wildman–Crippen MR) is 80.7 cm³/mol. The summed E-state index contributed by atoms with van der Waals surface area (Å²) in [6.45, 7) is 0. The first-order valence-corrected chi connectivity index (χ1v) is 4.85. The van der Waals surface area contributed by atoms with Crippen LogP contribution in [-0.2, 0) is 0 Å². The molecule has 0 bridgehead atoms. The van der Waals surface area contributed by atoms with Crippen LogP contribution in [0.25, 0.3) is 10.8 Å². The highest BCUT2D eigenvalue weighted by atomic mass is 14.6. The topological polar surface area (TPSA) is 26.0 Å². The Hall–Kier alpha value is -1.11. The van der Waals surface area contributed by atoms with Crippen molar-refractivity contribution in [2.24, 2.45) is 0 Å². The van der Waals surface area contributed by atoms with Gasteiger partial charge in [0.25, 0.3) is 0 Å². The lowest BCUT2D eigenvalue weighted by Crippen LogP contribution is -2.43. The van der Waals surface area contributed by atoms with Crippen molar-refractivity contribution in [2.45, 2.75) is 0 Å². The van der Waals surface area contributed by atoms with Crippen LogP contribution < -0.4 is 38.5 Å². The van der Waals surface area contributed by atoms with Crippen molar-refractivity contribution in [3.63, 3.8) is 0 Å². The first kappa shape index (κ1) is 12.3. The van der Waals surface area contributed by atoms with Crippen LogP contribution in [-0.4, -0.2) is 47.1 Å². The van der Waals surface area contributed by atoms with Gasteiger partial charge in [-0.2, -0.15) is 0 Å². The third kappa shape index (κ3) is 1.64. The molecule has 7 heteroatoms. The Bertz CT molecular complexity index is 637. The maximum atomic E-state index is 5.87. The van der Waals surface area contributed by atoms with Crippen molar-refractivity contribution >= 4 is 96.3 Å². The highest BCUT2D eigenvalue weighted by Gasteiger charge is 2.12. The van der Waals surface area contributed by atoms with E-state index in [1.54, 1.807) is 0 Å². The zero-order valence-electron chi connectivity index (χ0n) is 9.12. The first-order valence-electron chi connectivity index (χ1n) is 4.85. The van der Waals surface area contributed by atoms with Gasteiger partial charge in [0, 0.05) is 5.69 Å². The van der Waals surface area contributed by atoms with E-state index in [9.17, 15) is 0 Å². The highest BCUT2D eigenvalue weighted by Crippen LogP contribution is 2.04. The van der Waals surface area contributed by atoms with Crippen LogP contribution in [0.15, 0.2) is 6.07 Å². The normalized spacial score (nSPS) is 10.8. The second kappa shape index (κ2) is 3.97. The van der Waals surface area contributed by atoms with E-state index in [1.807, 2.05) is 0 Å². The fraction of sp³-hybridized carbons (Fsp3) is 0. The van der Waals surface area contributed by atoms with Gasteiger partial charge >= 0.3 is 0 Å². The largest absolute Gasteiger partial charge is 0.400 e. The van der Waals surface area contributed by atoms with Crippen LogP contribution in [0.4, 0.5) is 5.69 Å². The van der Waals surface area contributed by atoms with Gasteiger partial charge in [-0.05, 0) is 10.8 Å². The van der Waals surface area contributed by atoms with Gasteiger partial charge in [-0.15, -0.1) is 5.46 Å². The summed E-state index contributed by atoms with van der Waals surface area (Å²) in [5.74, 6) is 0. The van der Waals surface area contributed by atoms with E-state index in [2.05, 4.69) is 0 Å². The van der Waals surface area contributed by atoms with Crippen molar-refractivity contribution in [1.82, 2.24) is 0 Å². The smallest absolute Gasteiger partial charge is 0.117 e. The van der Waals surface area contributed by atoms with Gasteiger partial charge in [0.15, 0.2) is 0 Å². The molecular formula is C10H3B6N. The molecule has 0 atom stereocenters. The maximum Gasteiger partial charge on any atom is 0.117 e. The third-order valence-electron chi connectivity index (χ3n) is 2.84. The Morgan fingerprint density at radius 2 is 1.24 bits per heavy atom. The molecular weight excluding hydrogens is 199 g/mol. The van der Waals surface area contributed by atoms with E-state index < -0.39 is 0 Å². The summed E-state index contributed by atoms with van der Waals surface area (Å²) in [5, 5.41) is 0.938. The molecule has 1 nitrogen and oxygen atoms in total. The molecule has 12 radical (unpaired) electrons. The summed E-state index contributed by atoms with van der Waals surface area (Å²) in [5.41, 5.74) is 7.62. The quantitative estimate of drug-likeness (QED) is 0.336. The molecule has 2 N–H and O–H groups in total. The molecule has 0 aromatic heterocycles. The number of benzene rings is 2. The van der Waals surface area contributed by atoms with E-state index in [-0.39, 0.29) is 22.1 Å². The molecule has 17 heavy (non-hydrogen) atoms. The van der Waals surface area contributed by atoms with E-state index >= 15 is 0 Å². The Morgan fingerprint density at radius 3 is 1.82 bits per heavy atom. The minimum atomic E-state index is 0.187. The van der Waals surface area contributed by atoms with Crippen molar-refractivity contribution in [2.75, 3.05) is 5.73 Å². The standard InChI is InChI=1S/C10H3B6N/c11-2-1-3(12)6(13)5-4(2)7(14)9(16)10(17)8(5)15/h1H,17H2. The van der Waals surface area contributed by atoms with Crippen LogP contribution in [0.2, 0.25) is 0 Å². The molecule has 2 rings (SSSR count). The number of fused-ring (bicyclic) bond motifs is 1. The van der Waals surface area contributed by atoms with Gasteiger partial charge in [0.1, 0.15) is 47.1 Å². The van der Waals surface area contributed by atoms with Gasteiger partial charge in [-0.3, -0.25) is 0 Å². The zero-order valence-corrected chi connectivity index (χ0v) is 9.12. The van der Waals surface area contributed by atoms with Crippen molar-refractivity contribution in [3.05, 3.63) is 6.07 Å². The Morgan fingerprint density at radius 1 is 0.647 bits per heavy atom. The molecule has 0 aliphatic rings. The average molecular weight is 202 g/mol. The minimum absolute atomic E-state index is 0.187. The molecule has 0 saturated carbocycles. The highest BCUT2D eigenvalue weighted by molar-refractivity contribution is 6.66. The summed E-state index contributed by atoms with van der Waals surface area (Å²) in [4.78, 5) is 0. The van der Waals surface area contributed by atoms with Crippen LogP contribution in [0.5, 0.6) is 0 Å². The fourth-order valence-corrected chi connectivity index (χ4v) is 1.87. The third-order valence-corrected chi connectivity index (χ3v) is 2.84. The summed E-state index contributed by atoms with van der Waals surface area (Å²) in [7, 11) is 34.9. The van der Waals surface area contributed by atoms with Crippen LogP contribution in [0, 0.1) is 0 Å². The predicted octanol–water partition coefficient (Wildman–Crippen LogP) is -4.82. The summed E-state index contributed by atoms with van der Waals surface area (Å²) in [6.07, 6.45) is 0. The number of hydrogen-bond acceptors (Lipinski definition) is 1. The van der Waals surface area contributed by atoms with Crippen molar-refractivity contribution < 1.29 is 0 Å². The van der Waals surface area contributed by atoms with Gasteiger partial charge in [0.05, 0.1) is 0 Å². The SMILES string of the molecule is [B]c1cc([B])c2c([B])c([B])c(N)c([B])c2c1[B]. The molecule has 0 heterocycles. The van der Waals surface area contributed by atoms with Crippen LogP contribution in [0.3, 0.4) is 0 Å². The molecule has 0 amide bonds. The lowest BCUT2D eigenvalue weighted by molar-refractivity contribution is 1.91. The van der Waals surface area contributed by atoms with Gasteiger partial charge < -0.3 is 5.73 Å². The van der Waals surface area contributed by atoms with E-state index in [0.717, 1.165) is 0 Å². The number of anilines is 1. The van der Waals surface area contributed by atoms with Crippen molar-refractivity contribution in [1.29, 1.82) is 0 Å². The first-order chi connectivity index (χ1) is 7.86. The molecule has 0 spiro atoms. The number of nitrogen functional groups attached to an aromatic ring is 1. The Labute approximate surface area is 108 Å². The maximum absolute atomic E-state index is 5.87. The minimum Gasteiger partial charge on any atom is -0.400 e. The Kier molecular flexibility index (Phi) is 2.89. The molecule has 0 fully saturated rings. The summed E-state index contributed by atoms with van der Waals surface area (Å²) < 4.78 is 0. The fourth-order valence-electron chi connectivity index (χ4n) is 1.87. The molecule has 0 unspecified atom stereocenters. The zero-order chi connectivity index (χ0) is 12.9. The molecule has 0 saturated heterocycles. The molecule has 0 aliphatic carbocycles. The molecule has 66 valence electrons. The second-order valence-corrected chi connectivity index (χ2v) is 3.87. The van der Waals surface area contributed by atoms with Crippen LogP contribution in [0.1, 0.15) is 0 Å². The lowest BCUT2D eigenvalue weighted by atomic mass is 9.64. The lowest BCUT2D eigenvalue weighted by Gasteiger charge is -2.20. The molecule has 2 aromatic rings. The van der Waals surface area contributed by atoms with Crippen molar-refractivity contribution in [3.8, 4) is 0 Å². The van der Waals surface area contributed by atoms with Gasteiger partial charge in [-0.25, -0.2) is 0 Å². The Balaban J connectivity index is 3.17. The van der Waals surface area contributed by atoms with Gasteiger partial charge in [0.2, 0.25) is 0 Å². The molecule has 2 aromatic carbocycles. The number of hydrogen-bond donors (Lipinski definition) is 1. The van der Waals surface area contributed by atoms with E-state index in [0.29, 0.717) is 27.2 Å². The number of nitrogens with two attached hydrogens (primary N) is 1.